The molecule has 0 spiro atoms. The van der Waals surface area contributed by atoms with Crippen molar-refractivity contribution in [1.82, 2.24) is 9.97 Å². The van der Waals surface area contributed by atoms with Gasteiger partial charge in [-0.3, -0.25) is 9.78 Å². The smallest absolute Gasteiger partial charge is 0.306 e. The minimum absolute atomic E-state index is 0.193. The summed E-state index contributed by atoms with van der Waals surface area (Å²) in [6, 6.07) is 21.6. The maximum Gasteiger partial charge on any atom is 0.306 e. The fraction of sp³-hybridized carbons (Fsp3) is 0.167. The van der Waals surface area contributed by atoms with Crippen LogP contribution < -0.4 is 4.74 Å². The van der Waals surface area contributed by atoms with Crippen LogP contribution in [0.1, 0.15) is 17.7 Å². The number of aromatic amines is 1. The first-order chi connectivity index (χ1) is 14.2. The first kappa shape index (κ1) is 18.7. The van der Waals surface area contributed by atoms with Gasteiger partial charge in [0.05, 0.1) is 12.8 Å². The van der Waals surface area contributed by atoms with Crippen molar-refractivity contribution in [3.8, 4) is 17.0 Å². The van der Waals surface area contributed by atoms with Gasteiger partial charge in [-0.1, -0.05) is 24.3 Å². The highest BCUT2D eigenvalue weighted by atomic mass is 16.5. The average Bonchev–Trinajstić information content (AvgIpc) is 3.15. The number of nitrogens with one attached hydrogen (secondary N) is 1. The van der Waals surface area contributed by atoms with E-state index in [1.165, 1.54) is 0 Å². The number of nitrogens with zero attached hydrogens (tertiary/aromatic N) is 1. The molecule has 1 N–H and O–H groups in total. The standard InChI is InChI=1S/C24H22N2O3/c1-28-19-11-9-17(10-12-19)24-21(20-7-2-3-8-22(20)26-24)13-14-23(27)29-16-18-6-4-5-15-25-18/h2-12,15,26H,13-14,16H2,1H3. The molecule has 0 aliphatic rings. The Morgan fingerprint density at radius 3 is 2.55 bits per heavy atom. The highest BCUT2D eigenvalue weighted by Crippen LogP contribution is 2.32. The number of hydrogen-bond donors (Lipinski definition) is 1. The van der Waals surface area contributed by atoms with Gasteiger partial charge in [-0.25, -0.2) is 0 Å². The Bertz CT molecular complexity index is 1100. The molecule has 4 aromatic rings. The summed E-state index contributed by atoms with van der Waals surface area (Å²) in [5, 5.41) is 1.12. The second kappa shape index (κ2) is 8.61. The molecule has 0 aliphatic carbocycles. The predicted molar refractivity (Wildman–Crippen MR) is 113 cm³/mol. The van der Waals surface area contributed by atoms with Crippen molar-refractivity contribution >= 4 is 16.9 Å². The molecular weight excluding hydrogens is 364 g/mol. The van der Waals surface area contributed by atoms with E-state index in [0.29, 0.717) is 12.8 Å². The van der Waals surface area contributed by atoms with Crippen LogP contribution in [-0.2, 0) is 22.6 Å². The molecular formula is C24H22N2O3. The number of rotatable bonds is 7. The van der Waals surface area contributed by atoms with Crippen molar-refractivity contribution in [2.24, 2.45) is 0 Å². The lowest BCUT2D eigenvalue weighted by molar-refractivity contribution is -0.145. The maximum absolute atomic E-state index is 12.3. The summed E-state index contributed by atoms with van der Waals surface area (Å²) < 4.78 is 10.6. The molecule has 5 nitrogen and oxygen atoms in total. The molecule has 0 bridgehead atoms. The van der Waals surface area contributed by atoms with Crippen molar-refractivity contribution in [2.75, 3.05) is 7.11 Å². The zero-order chi connectivity index (χ0) is 20.1. The Hall–Kier alpha value is -3.60. The topological polar surface area (TPSA) is 64.2 Å². The largest absolute Gasteiger partial charge is 0.497 e. The van der Waals surface area contributed by atoms with Crippen molar-refractivity contribution < 1.29 is 14.3 Å². The maximum atomic E-state index is 12.3. The summed E-state index contributed by atoms with van der Waals surface area (Å²) in [7, 11) is 1.65. The van der Waals surface area contributed by atoms with Gasteiger partial charge in [0.2, 0.25) is 0 Å². The Kier molecular flexibility index (Phi) is 5.56. The summed E-state index contributed by atoms with van der Waals surface area (Å²) in [4.78, 5) is 20.0. The molecule has 146 valence electrons. The van der Waals surface area contributed by atoms with Crippen molar-refractivity contribution in [3.63, 3.8) is 0 Å². The third-order valence-electron chi connectivity index (χ3n) is 4.88. The second-order valence-corrected chi connectivity index (χ2v) is 6.73. The van der Waals surface area contributed by atoms with E-state index in [1.54, 1.807) is 13.3 Å². The van der Waals surface area contributed by atoms with Crippen LogP contribution in [0.3, 0.4) is 0 Å². The fourth-order valence-corrected chi connectivity index (χ4v) is 3.40. The number of para-hydroxylation sites is 1. The molecule has 0 radical (unpaired) electrons. The van der Waals surface area contributed by atoms with Gasteiger partial charge in [-0.15, -0.1) is 0 Å². The van der Waals surface area contributed by atoms with Gasteiger partial charge in [-0.2, -0.15) is 0 Å². The van der Waals surface area contributed by atoms with E-state index in [0.717, 1.165) is 39.2 Å². The molecule has 5 heteroatoms. The highest BCUT2D eigenvalue weighted by molar-refractivity contribution is 5.91. The van der Waals surface area contributed by atoms with Gasteiger partial charge in [0, 0.05) is 29.2 Å². The number of carbonyl (C=O) groups excluding carboxylic acids is 1. The number of carbonyl (C=O) groups is 1. The quantitative estimate of drug-likeness (QED) is 0.458. The lowest BCUT2D eigenvalue weighted by atomic mass is 10.0. The van der Waals surface area contributed by atoms with Crippen molar-refractivity contribution in [2.45, 2.75) is 19.4 Å². The number of H-pyrrole nitrogens is 1. The van der Waals surface area contributed by atoms with E-state index in [4.69, 9.17) is 9.47 Å². The van der Waals surface area contributed by atoms with E-state index in [2.05, 4.69) is 16.0 Å². The monoisotopic (exact) mass is 386 g/mol. The molecule has 0 amide bonds. The Labute approximate surface area is 169 Å². The van der Waals surface area contributed by atoms with Crippen LogP contribution in [0.25, 0.3) is 22.2 Å². The van der Waals surface area contributed by atoms with Gasteiger partial charge in [-0.05, 0) is 60.0 Å². The van der Waals surface area contributed by atoms with E-state index in [1.807, 2.05) is 60.7 Å². The minimum Gasteiger partial charge on any atom is -0.497 e. The van der Waals surface area contributed by atoms with E-state index in [-0.39, 0.29) is 12.6 Å². The number of aryl methyl sites for hydroxylation is 1. The first-order valence-electron chi connectivity index (χ1n) is 9.54. The summed E-state index contributed by atoms with van der Waals surface area (Å²) >= 11 is 0. The number of benzene rings is 2. The van der Waals surface area contributed by atoms with E-state index in [9.17, 15) is 4.79 Å². The Morgan fingerprint density at radius 2 is 1.79 bits per heavy atom. The third kappa shape index (κ3) is 4.29. The Morgan fingerprint density at radius 1 is 1.00 bits per heavy atom. The second-order valence-electron chi connectivity index (χ2n) is 6.73. The van der Waals surface area contributed by atoms with Crippen molar-refractivity contribution in [3.05, 3.63) is 84.2 Å². The van der Waals surface area contributed by atoms with E-state index >= 15 is 0 Å². The Balaban J connectivity index is 1.53. The van der Waals surface area contributed by atoms with Crippen LogP contribution in [-0.4, -0.2) is 23.0 Å². The lowest BCUT2D eigenvalue weighted by Crippen LogP contribution is -2.07. The van der Waals surface area contributed by atoms with Crippen LogP contribution in [0.15, 0.2) is 72.9 Å². The minimum atomic E-state index is -0.235. The van der Waals surface area contributed by atoms with Crippen LogP contribution in [0.2, 0.25) is 0 Å². The number of methoxy groups -OCH3 is 1. The number of esters is 1. The molecule has 2 aromatic heterocycles. The molecule has 2 heterocycles. The number of pyridine rings is 1. The molecule has 0 fully saturated rings. The van der Waals surface area contributed by atoms with Gasteiger partial charge in [0.1, 0.15) is 12.4 Å². The van der Waals surface area contributed by atoms with Crippen LogP contribution >= 0.6 is 0 Å². The summed E-state index contributed by atoms with van der Waals surface area (Å²) in [6.45, 7) is 0.193. The number of ether oxygens (including phenoxy) is 2. The lowest BCUT2D eigenvalue weighted by Gasteiger charge is -2.07. The van der Waals surface area contributed by atoms with Crippen LogP contribution in [0, 0.1) is 0 Å². The zero-order valence-electron chi connectivity index (χ0n) is 16.2. The molecule has 0 atom stereocenters. The number of fused-ring (bicyclic) bond motifs is 1. The average molecular weight is 386 g/mol. The molecule has 4 rings (SSSR count). The number of aromatic nitrogens is 2. The number of hydrogen-bond acceptors (Lipinski definition) is 4. The van der Waals surface area contributed by atoms with Crippen LogP contribution in [0.4, 0.5) is 0 Å². The molecule has 0 aliphatic heterocycles. The molecule has 29 heavy (non-hydrogen) atoms. The first-order valence-corrected chi connectivity index (χ1v) is 9.54. The predicted octanol–water partition coefficient (Wildman–Crippen LogP) is 4.91. The van der Waals surface area contributed by atoms with Gasteiger partial charge in [0.25, 0.3) is 0 Å². The molecule has 0 unspecified atom stereocenters. The van der Waals surface area contributed by atoms with Gasteiger partial charge >= 0.3 is 5.97 Å². The third-order valence-corrected chi connectivity index (χ3v) is 4.88. The fourth-order valence-electron chi connectivity index (χ4n) is 3.40. The summed E-state index contributed by atoms with van der Waals surface area (Å²) in [5.41, 5.74) is 4.98. The van der Waals surface area contributed by atoms with E-state index < -0.39 is 0 Å². The zero-order valence-corrected chi connectivity index (χ0v) is 16.2. The van der Waals surface area contributed by atoms with Gasteiger partial charge < -0.3 is 14.5 Å². The summed E-state index contributed by atoms with van der Waals surface area (Å²) in [5.74, 6) is 0.575. The SMILES string of the molecule is COc1ccc(-c2[nH]c3ccccc3c2CCC(=O)OCc2ccccn2)cc1. The molecule has 2 aromatic carbocycles. The summed E-state index contributed by atoms with van der Waals surface area (Å²) in [6.07, 6.45) is 2.58. The van der Waals surface area contributed by atoms with Crippen molar-refractivity contribution in [1.29, 1.82) is 0 Å². The molecule has 0 saturated heterocycles. The normalized spacial score (nSPS) is 10.8. The molecule has 0 saturated carbocycles. The van der Waals surface area contributed by atoms with Crippen LogP contribution in [0.5, 0.6) is 5.75 Å². The highest BCUT2D eigenvalue weighted by Gasteiger charge is 2.15. The van der Waals surface area contributed by atoms with Gasteiger partial charge in [0.15, 0.2) is 0 Å².